The van der Waals surface area contributed by atoms with E-state index < -0.39 is 0 Å². The quantitative estimate of drug-likeness (QED) is 0.760. The van der Waals surface area contributed by atoms with Crippen molar-refractivity contribution in [1.82, 2.24) is 15.1 Å². The third kappa shape index (κ3) is 4.79. The highest BCUT2D eigenvalue weighted by Gasteiger charge is 2.30. The van der Waals surface area contributed by atoms with Crippen molar-refractivity contribution in [3.8, 4) is 5.75 Å². The summed E-state index contributed by atoms with van der Waals surface area (Å²) in [5.74, 6) is 0.158. The average Bonchev–Trinajstić information content (AvgIpc) is 3.03. The zero-order chi connectivity index (χ0) is 19.9. The van der Waals surface area contributed by atoms with E-state index in [1.54, 1.807) is 23.1 Å². The lowest BCUT2D eigenvalue weighted by molar-refractivity contribution is -0.121. The first-order valence-electron chi connectivity index (χ1n) is 9.33. The van der Waals surface area contributed by atoms with Crippen molar-refractivity contribution >= 4 is 11.9 Å². The first-order valence-corrected chi connectivity index (χ1v) is 9.33. The van der Waals surface area contributed by atoms with Crippen LogP contribution in [0, 0.1) is 5.82 Å². The van der Waals surface area contributed by atoms with Crippen LogP contribution >= 0.6 is 0 Å². The predicted octanol–water partition coefficient (Wildman–Crippen LogP) is 2.78. The van der Waals surface area contributed by atoms with E-state index in [4.69, 9.17) is 4.74 Å². The number of hydrogen-bond acceptors (Lipinski definition) is 3. The molecule has 0 radical (unpaired) electrons. The number of amides is 3. The summed E-state index contributed by atoms with van der Waals surface area (Å²) in [5.41, 5.74) is 1.35. The van der Waals surface area contributed by atoms with Crippen LogP contribution in [0.2, 0.25) is 0 Å². The highest BCUT2D eigenvalue weighted by molar-refractivity contribution is 5.85. The number of carbonyl (C=O) groups excluding carboxylic acids is 2. The Morgan fingerprint density at radius 2 is 1.75 bits per heavy atom. The molecule has 1 aliphatic rings. The number of benzene rings is 2. The molecule has 3 amide bonds. The lowest BCUT2D eigenvalue weighted by Crippen LogP contribution is -2.39. The molecule has 1 N–H and O–H groups in total. The molecule has 1 heterocycles. The molecular formula is C21H24FN3O3. The normalized spacial score (nSPS) is 13.7. The van der Waals surface area contributed by atoms with Crippen molar-refractivity contribution in [2.75, 3.05) is 26.2 Å². The molecule has 1 fully saturated rings. The fourth-order valence-electron chi connectivity index (χ4n) is 3.13. The molecule has 6 nitrogen and oxygen atoms in total. The van der Waals surface area contributed by atoms with Crippen LogP contribution in [0.1, 0.15) is 18.1 Å². The number of carbonyl (C=O) groups is 2. The van der Waals surface area contributed by atoms with Gasteiger partial charge in [-0.05, 0) is 19.1 Å². The van der Waals surface area contributed by atoms with Gasteiger partial charge in [0.05, 0.1) is 13.2 Å². The maximum atomic E-state index is 13.8. The zero-order valence-corrected chi connectivity index (χ0v) is 15.9. The number of para-hydroxylation sites is 1. The summed E-state index contributed by atoms with van der Waals surface area (Å²) in [4.78, 5) is 27.8. The molecule has 2 aromatic rings. The van der Waals surface area contributed by atoms with E-state index in [9.17, 15) is 14.0 Å². The fourth-order valence-corrected chi connectivity index (χ4v) is 3.13. The van der Waals surface area contributed by atoms with E-state index in [1.165, 1.54) is 11.0 Å². The summed E-state index contributed by atoms with van der Waals surface area (Å²) in [6.45, 7) is 3.86. The van der Waals surface area contributed by atoms with Crippen LogP contribution in [0.25, 0.3) is 0 Å². The second-order valence-corrected chi connectivity index (χ2v) is 6.53. The Hall–Kier alpha value is -3.09. The Morgan fingerprint density at radius 1 is 1.07 bits per heavy atom. The van der Waals surface area contributed by atoms with E-state index in [1.807, 2.05) is 31.2 Å². The van der Waals surface area contributed by atoms with Crippen molar-refractivity contribution in [3.05, 3.63) is 65.5 Å². The minimum absolute atomic E-state index is 0.0244. The predicted molar refractivity (Wildman–Crippen MR) is 103 cm³/mol. The summed E-state index contributed by atoms with van der Waals surface area (Å²) in [6, 6.07) is 13.6. The molecule has 0 bridgehead atoms. The first-order chi connectivity index (χ1) is 13.6. The van der Waals surface area contributed by atoms with E-state index in [0.29, 0.717) is 31.8 Å². The van der Waals surface area contributed by atoms with Crippen LogP contribution in [0.4, 0.5) is 9.18 Å². The topological polar surface area (TPSA) is 61.9 Å². The summed E-state index contributed by atoms with van der Waals surface area (Å²) < 4.78 is 19.3. The van der Waals surface area contributed by atoms with Crippen molar-refractivity contribution < 1.29 is 18.7 Å². The highest BCUT2D eigenvalue weighted by atomic mass is 19.1. The highest BCUT2D eigenvalue weighted by Crippen LogP contribution is 2.18. The van der Waals surface area contributed by atoms with Gasteiger partial charge in [-0.1, -0.05) is 36.4 Å². The van der Waals surface area contributed by atoms with Crippen LogP contribution in [0.3, 0.4) is 0 Å². The van der Waals surface area contributed by atoms with Gasteiger partial charge in [0.25, 0.3) is 0 Å². The summed E-state index contributed by atoms with van der Waals surface area (Å²) >= 11 is 0. The maximum Gasteiger partial charge on any atom is 0.320 e. The first kappa shape index (κ1) is 19.7. The van der Waals surface area contributed by atoms with Crippen LogP contribution < -0.4 is 10.1 Å². The molecule has 0 aliphatic carbocycles. The number of hydrogen-bond donors (Lipinski definition) is 1. The van der Waals surface area contributed by atoms with Crippen molar-refractivity contribution in [3.63, 3.8) is 0 Å². The Kier molecular flexibility index (Phi) is 6.47. The van der Waals surface area contributed by atoms with Crippen molar-refractivity contribution in [1.29, 1.82) is 0 Å². The molecule has 28 heavy (non-hydrogen) atoms. The van der Waals surface area contributed by atoms with Gasteiger partial charge >= 0.3 is 6.03 Å². The monoisotopic (exact) mass is 385 g/mol. The minimum Gasteiger partial charge on any atom is -0.494 e. The van der Waals surface area contributed by atoms with E-state index in [2.05, 4.69) is 5.32 Å². The molecule has 7 heteroatoms. The third-order valence-corrected chi connectivity index (χ3v) is 4.58. The van der Waals surface area contributed by atoms with Gasteiger partial charge in [-0.3, -0.25) is 4.79 Å². The Bertz CT molecular complexity index is 843. The Morgan fingerprint density at radius 3 is 2.50 bits per heavy atom. The number of nitrogens with one attached hydrogen (secondary N) is 1. The Labute approximate surface area is 163 Å². The third-order valence-electron chi connectivity index (χ3n) is 4.58. The van der Waals surface area contributed by atoms with Crippen molar-refractivity contribution in [2.24, 2.45) is 0 Å². The summed E-state index contributed by atoms with van der Waals surface area (Å²) in [5, 5.41) is 2.83. The van der Waals surface area contributed by atoms with E-state index >= 15 is 0 Å². The minimum atomic E-state index is -0.334. The van der Waals surface area contributed by atoms with Gasteiger partial charge in [0.15, 0.2) is 0 Å². The van der Waals surface area contributed by atoms with Gasteiger partial charge in [0, 0.05) is 30.8 Å². The van der Waals surface area contributed by atoms with E-state index in [-0.39, 0.29) is 30.8 Å². The van der Waals surface area contributed by atoms with Gasteiger partial charge in [0.1, 0.15) is 18.1 Å². The molecule has 0 unspecified atom stereocenters. The molecule has 0 spiro atoms. The smallest absolute Gasteiger partial charge is 0.320 e. The van der Waals surface area contributed by atoms with Crippen LogP contribution in [-0.2, 0) is 17.9 Å². The lowest BCUT2D eigenvalue weighted by atomic mass is 10.2. The molecular weight excluding hydrogens is 361 g/mol. The van der Waals surface area contributed by atoms with Gasteiger partial charge < -0.3 is 19.9 Å². The maximum absolute atomic E-state index is 13.8. The molecule has 0 saturated carbocycles. The number of urea groups is 1. The molecule has 1 aliphatic heterocycles. The second-order valence-electron chi connectivity index (χ2n) is 6.53. The second kappa shape index (κ2) is 9.21. The average molecular weight is 385 g/mol. The largest absolute Gasteiger partial charge is 0.494 e. The van der Waals surface area contributed by atoms with Gasteiger partial charge in [-0.2, -0.15) is 0 Å². The number of ether oxygens (including phenoxy) is 1. The van der Waals surface area contributed by atoms with Gasteiger partial charge in [-0.15, -0.1) is 0 Å². The number of rotatable bonds is 8. The molecule has 3 rings (SSSR count). The number of nitrogens with zero attached hydrogens (tertiary/aromatic N) is 2. The molecule has 0 atom stereocenters. The molecule has 0 aromatic heterocycles. The SMILES string of the molecule is CCOc1ccccc1CNC(=O)CN1CCN(Cc2ccccc2F)C1=O. The summed E-state index contributed by atoms with van der Waals surface area (Å²) in [6.07, 6.45) is 0. The van der Waals surface area contributed by atoms with Crippen molar-refractivity contribution in [2.45, 2.75) is 20.0 Å². The standard InChI is InChI=1S/C21H24FN3O3/c1-2-28-19-10-6-4-7-16(19)13-23-20(26)15-25-12-11-24(21(25)27)14-17-8-3-5-9-18(17)22/h3-10H,2,11-15H2,1H3,(H,23,26). The van der Waals surface area contributed by atoms with E-state index in [0.717, 1.165) is 11.3 Å². The van der Waals surface area contributed by atoms with Crippen LogP contribution in [0.5, 0.6) is 5.75 Å². The molecule has 2 aromatic carbocycles. The van der Waals surface area contributed by atoms with Crippen LogP contribution in [-0.4, -0.2) is 48.0 Å². The lowest BCUT2D eigenvalue weighted by Gasteiger charge is -2.19. The number of halogens is 1. The molecule has 1 saturated heterocycles. The molecule has 148 valence electrons. The van der Waals surface area contributed by atoms with Crippen LogP contribution in [0.15, 0.2) is 48.5 Å². The zero-order valence-electron chi connectivity index (χ0n) is 15.9. The van der Waals surface area contributed by atoms with Gasteiger partial charge in [0.2, 0.25) is 5.91 Å². The fraction of sp³-hybridized carbons (Fsp3) is 0.333. The summed E-state index contributed by atoms with van der Waals surface area (Å²) in [7, 11) is 0. The Balaban J connectivity index is 1.51. The van der Waals surface area contributed by atoms with Gasteiger partial charge in [-0.25, -0.2) is 9.18 Å².